The number of nitrogens with zero attached hydrogens (tertiary/aromatic N) is 4. The van der Waals surface area contributed by atoms with E-state index >= 15 is 0 Å². The standard InChI is InChI=1S/C28H27N5O/c1-18-7-12-24(16-19(18)2)30-28(34)23-10-8-22(9-11-23)17-33-26-25(20(3)15-21(4)29-26)27(31-33)32-13-5-6-14-32/h5-16H,17H2,1-4H3,(H,30,34). The van der Waals surface area contributed by atoms with Crippen molar-refractivity contribution < 1.29 is 4.79 Å². The Balaban J connectivity index is 1.41. The lowest BCUT2D eigenvalue weighted by atomic mass is 10.1. The van der Waals surface area contributed by atoms with Crippen LogP contribution in [0.25, 0.3) is 16.9 Å². The van der Waals surface area contributed by atoms with Crippen molar-refractivity contribution in [3.8, 4) is 5.82 Å². The van der Waals surface area contributed by atoms with E-state index in [9.17, 15) is 4.79 Å². The molecule has 6 nitrogen and oxygen atoms in total. The van der Waals surface area contributed by atoms with Gasteiger partial charge in [0.2, 0.25) is 0 Å². The number of aromatic nitrogens is 4. The Morgan fingerprint density at radius 2 is 1.62 bits per heavy atom. The molecule has 0 radical (unpaired) electrons. The van der Waals surface area contributed by atoms with Gasteiger partial charge >= 0.3 is 0 Å². The number of amides is 1. The van der Waals surface area contributed by atoms with E-state index < -0.39 is 0 Å². The average molecular weight is 450 g/mol. The van der Waals surface area contributed by atoms with Crippen LogP contribution in [0.2, 0.25) is 0 Å². The quantitative estimate of drug-likeness (QED) is 0.371. The van der Waals surface area contributed by atoms with E-state index in [2.05, 4.69) is 25.2 Å². The molecule has 2 aromatic carbocycles. The van der Waals surface area contributed by atoms with Gasteiger partial charge in [0.1, 0.15) is 0 Å². The van der Waals surface area contributed by atoms with E-state index in [1.807, 2.05) is 90.1 Å². The molecular weight excluding hydrogens is 422 g/mol. The predicted molar refractivity (Wildman–Crippen MR) is 136 cm³/mol. The Kier molecular flexibility index (Phi) is 5.49. The Morgan fingerprint density at radius 1 is 0.882 bits per heavy atom. The monoisotopic (exact) mass is 449 g/mol. The largest absolute Gasteiger partial charge is 0.322 e. The van der Waals surface area contributed by atoms with Crippen LogP contribution in [-0.2, 0) is 6.54 Å². The molecule has 0 aliphatic rings. The second-order valence-corrected chi connectivity index (χ2v) is 8.80. The summed E-state index contributed by atoms with van der Waals surface area (Å²) in [6, 6.07) is 19.7. The zero-order valence-electron chi connectivity index (χ0n) is 19.8. The maximum atomic E-state index is 12.7. The van der Waals surface area contributed by atoms with Crippen molar-refractivity contribution in [1.82, 2.24) is 19.3 Å². The molecular formula is C28H27N5O. The minimum atomic E-state index is -0.123. The first-order valence-corrected chi connectivity index (χ1v) is 11.3. The van der Waals surface area contributed by atoms with Crippen molar-refractivity contribution in [2.75, 3.05) is 5.32 Å². The zero-order valence-corrected chi connectivity index (χ0v) is 19.8. The van der Waals surface area contributed by atoms with Crippen LogP contribution in [0.1, 0.15) is 38.3 Å². The Labute approximate surface area is 198 Å². The summed E-state index contributed by atoms with van der Waals surface area (Å²) in [5.74, 6) is 0.747. The van der Waals surface area contributed by atoms with E-state index in [4.69, 9.17) is 10.1 Å². The SMILES string of the molecule is Cc1cc(C)c2c(-n3cccc3)nn(Cc3ccc(C(=O)Nc4ccc(C)c(C)c4)cc3)c2n1. The second kappa shape index (κ2) is 8.63. The lowest BCUT2D eigenvalue weighted by molar-refractivity contribution is 0.102. The van der Waals surface area contributed by atoms with E-state index in [1.54, 1.807) is 0 Å². The minimum Gasteiger partial charge on any atom is -0.322 e. The molecule has 170 valence electrons. The van der Waals surface area contributed by atoms with Crippen molar-refractivity contribution in [2.45, 2.75) is 34.2 Å². The summed E-state index contributed by atoms with van der Waals surface area (Å²) < 4.78 is 3.96. The molecule has 0 saturated carbocycles. The molecule has 0 saturated heterocycles. The molecule has 6 heteroatoms. The maximum absolute atomic E-state index is 12.7. The predicted octanol–water partition coefficient (Wildman–Crippen LogP) is 5.76. The first-order valence-electron chi connectivity index (χ1n) is 11.3. The number of benzene rings is 2. The van der Waals surface area contributed by atoms with Gasteiger partial charge in [0.15, 0.2) is 11.5 Å². The van der Waals surface area contributed by atoms with Gasteiger partial charge in [0.25, 0.3) is 5.91 Å². The second-order valence-electron chi connectivity index (χ2n) is 8.80. The highest BCUT2D eigenvalue weighted by Gasteiger charge is 2.16. The summed E-state index contributed by atoms with van der Waals surface area (Å²) >= 11 is 0. The van der Waals surface area contributed by atoms with Crippen LogP contribution in [0.3, 0.4) is 0 Å². The van der Waals surface area contributed by atoms with Gasteiger partial charge in [-0.25, -0.2) is 9.67 Å². The van der Waals surface area contributed by atoms with Crippen LogP contribution >= 0.6 is 0 Å². The van der Waals surface area contributed by atoms with E-state index in [-0.39, 0.29) is 5.91 Å². The summed E-state index contributed by atoms with van der Waals surface area (Å²) in [5.41, 5.74) is 7.79. The molecule has 5 rings (SSSR count). The molecule has 3 aromatic heterocycles. The van der Waals surface area contributed by atoms with Gasteiger partial charge < -0.3 is 9.88 Å². The van der Waals surface area contributed by atoms with Crippen LogP contribution in [0.4, 0.5) is 5.69 Å². The summed E-state index contributed by atoms with van der Waals surface area (Å²) in [4.78, 5) is 17.5. The number of hydrogen-bond acceptors (Lipinski definition) is 3. The smallest absolute Gasteiger partial charge is 0.255 e. The Morgan fingerprint density at radius 3 is 2.32 bits per heavy atom. The average Bonchev–Trinajstić information content (AvgIpc) is 3.45. The van der Waals surface area contributed by atoms with Gasteiger partial charge in [-0.2, -0.15) is 5.10 Å². The highest BCUT2D eigenvalue weighted by Crippen LogP contribution is 2.26. The van der Waals surface area contributed by atoms with Crippen LogP contribution < -0.4 is 5.32 Å². The summed E-state index contributed by atoms with van der Waals surface area (Å²) in [6.07, 6.45) is 3.99. The van der Waals surface area contributed by atoms with Gasteiger partial charge in [-0.1, -0.05) is 18.2 Å². The third-order valence-electron chi connectivity index (χ3n) is 6.17. The fourth-order valence-electron chi connectivity index (χ4n) is 4.22. The van der Waals surface area contributed by atoms with Crippen molar-refractivity contribution in [3.63, 3.8) is 0 Å². The number of carbonyl (C=O) groups is 1. The molecule has 0 atom stereocenters. The topological polar surface area (TPSA) is 64.7 Å². The Bertz CT molecular complexity index is 1490. The van der Waals surface area contributed by atoms with Crippen LogP contribution in [-0.4, -0.2) is 25.2 Å². The first kappa shape index (κ1) is 21.6. The van der Waals surface area contributed by atoms with Crippen molar-refractivity contribution in [3.05, 3.63) is 107 Å². The molecule has 0 fully saturated rings. The van der Waals surface area contributed by atoms with Gasteiger partial charge in [0, 0.05) is 29.3 Å². The van der Waals surface area contributed by atoms with E-state index in [1.165, 1.54) is 5.56 Å². The van der Waals surface area contributed by atoms with Crippen LogP contribution in [0, 0.1) is 27.7 Å². The van der Waals surface area contributed by atoms with Gasteiger partial charge in [0.05, 0.1) is 11.9 Å². The molecule has 0 aliphatic heterocycles. The van der Waals surface area contributed by atoms with Gasteiger partial charge in [-0.15, -0.1) is 0 Å². The zero-order chi connectivity index (χ0) is 23.8. The third kappa shape index (κ3) is 4.10. The van der Waals surface area contributed by atoms with Crippen molar-refractivity contribution >= 4 is 22.6 Å². The van der Waals surface area contributed by atoms with E-state index in [0.29, 0.717) is 12.1 Å². The number of pyridine rings is 1. The van der Waals surface area contributed by atoms with Crippen molar-refractivity contribution in [1.29, 1.82) is 0 Å². The molecule has 1 N–H and O–H groups in total. The molecule has 0 aliphatic carbocycles. The normalized spacial score (nSPS) is 11.2. The van der Waals surface area contributed by atoms with Gasteiger partial charge in [-0.3, -0.25) is 4.79 Å². The highest BCUT2D eigenvalue weighted by molar-refractivity contribution is 6.04. The number of nitrogens with one attached hydrogen (secondary N) is 1. The Hall–Kier alpha value is -4.19. The van der Waals surface area contributed by atoms with Crippen LogP contribution in [0.5, 0.6) is 0 Å². The maximum Gasteiger partial charge on any atom is 0.255 e. The molecule has 34 heavy (non-hydrogen) atoms. The molecule has 5 aromatic rings. The lowest BCUT2D eigenvalue weighted by Gasteiger charge is -2.09. The van der Waals surface area contributed by atoms with Gasteiger partial charge in [-0.05, 0) is 92.4 Å². The fourth-order valence-corrected chi connectivity index (χ4v) is 4.22. The number of aryl methyl sites for hydroxylation is 4. The van der Waals surface area contributed by atoms with Crippen molar-refractivity contribution in [2.24, 2.45) is 0 Å². The summed E-state index contributed by atoms with van der Waals surface area (Å²) in [6.45, 7) is 8.76. The first-order chi connectivity index (χ1) is 16.4. The lowest BCUT2D eigenvalue weighted by Crippen LogP contribution is -2.12. The molecule has 3 heterocycles. The molecule has 0 spiro atoms. The molecule has 0 bridgehead atoms. The number of hydrogen-bond donors (Lipinski definition) is 1. The fraction of sp³-hybridized carbons (Fsp3) is 0.179. The van der Waals surface area contributed by atoms with E-state index in [0.717, 1.165) is 44.9 Å². The third-order valence-corrected chi connectivity index (χ3v) is 6.17. The molecule has 1 amide bonds. The van der Waals surface area contributed by atoms with Crippen LogP contribution in [0.15, 0.2) is 73.1 Å². The number of carbonyl (C=O) groups excluding carboxylic acids is 1. The minimum absolute atomic E-state index is 0.123. The number of fused-ring (bicyclic) bond motifs is 1. The number of rotatable bonds is 5. The molecule has 0 unspecified atom stereocenters. The number of anilines is 1. The highest BCUT2D eigenvalue weighted by atomic mass is 16.1. The summed E-state index contributed by atoms with van der Waals surface area (Å²) in [5, 5.41) is 8.92. The summed E-state index contributed by atoms with van der Waals surface area (Å²) in [7, 11) is 0.